The van der Waals surface area contributed by atoms with Crippen LogP contribution >= 0.6 is 15.9 Å². The Labute approximate surface area is 86.1 Å². The highest BCUT2D eigenvalue weighted by Gasteiger charge is 2.39. The van der Waals surface area contributed by atoms with Crippen molar-refractivity contribution in [2.24, 2.45) is 5.92 Å². The number of halogens is 1. The van der Waals surface area contributed by atoms with Gasteiger partial charge in [-0.1, -0.05) is 6.92 Å². The first-order valence-electron chi connectivity index (χ1n) is 4.39. The maximum atomic E-state index is 10.2. The van der Waals surface area contributed by atoms with E-state index in [9.17, 15) is 5.11 Å². The molecule has 0 bridgehead atoms. The molecule has 2 atom stereocenters. The Morgan fingerprint density at radius 2 is 2.38 bits per heavy atom. The smallest absolute Gasteiger partial charge is 0.0915 e. The molecule has 1 aliphatic carbocycles. The van der Waals surface area contributed by atoms with E-state index in [1.165, 1.54) is 0 Å². The lowest BCUT2D eigenvalue weighted by Gasteiger charge is -2.23. The Morgan fingerprint density at radius 1 is 1.69 bits per heavy atom. The SMILES string of the molecule is CC1Cc2ncc(Br)cc2C1(C)O. The van der Waals surface area contributed by atoms with Crippen molar-refractivity contribution in [2.75, 3.05) is 0 Å². The van der Waals surface area contributed by atoms with Crippen LogP contribution in [-0.2, 0) is 12.0 Å². The summed E-state index contributed by atoms with van der Waals surface area (Å²) in [6, 6.07) is 1.96. The predicted molar refractivity (Wildman–Crippen MR) is 54.4 cm³/mol. The molecule has 0 saturated carbocycles. The Kier molecular flexibility index (Phi) is 1.96. The Hall–Kier alpha value is -0.410. The molecule has 1 aromatic rings. The molecule has 0 aromatic carbocycles. The summed E-state index contributed by atoms with van der Waals surface area (Å²) < 4.78 is 0.931. The van der Waals surface area contributed by atoms with Gasteiger partial charge in [-0.25, -0.2) is 0 Å². The van der Waals surface area contributed by atoms with E-state index < -0.39 is 5.60 Å². The first-order valence-corrected chi connectivity index (χ1v) is 5.18. The summed E-state index contributed by atoms with van der Waals surface area (Å²) in [5.41, 5.74) is 1.28. The predicted octanol–water partition coefficient (Wildman–Crippen LogP) is 2.24. The summed E-state index contributed by atoms with van der Waals surface area (Å²) in [7, 11) is 0. The van der Waals surface area contributed by atoms with Crippen molar-refractivity contribution in [3.8, 4) is 0 Å². The zero-order valence-electron chi connectivity index (χ0n) is 7.71. The van der Waals surface area contributed by atoms with E-state index in [0.717, 1.165) is 22.2 Å². The van der Waals surface area contributed by atoms with Gasteiger partial charge < -0.3 is 5.11 Å². The molecule has 1 aliphatic rings. The molecule has 2 unspecified atom stereocenters. The average Bonchev–Trinajstić information content (AvgIpc) is 2.27. The summed E-state index contributed by atoms with van der Waals surface area (Å²) in [5, 5.41) is 10.2. The van der Waals surface area contributed by atoms with Crippen molar-refractivity contribution >= 4 is 15.9 Å². The summed E-state index contributed by atoms with van der Waals surface area (Å²) in [6.07, 6.45) is 2.66. The zero-order valence-corrected chi connectivity index (χ0v) is 9.30. The fraction of sp³-hybridized carbons (Fsp3) is 0.500. The van der Waals surface area contributed by atoms with Crippen LogP contribution in [0.2, 0.25) is 0 Å². The Morgan fingerprint density at radius 3 is 3.08 bits per heavy atom. The topological polar surface area (TPSA) is 33.1 Å². The number of fused-ring (bicyclic) bond motifs is 1. The normalized spacial score (nSPS) is 31.8. The van der Waals surface area contributed by atoms with Crippen LogP contribution in [0.4, 0.5) is 0 Å². The number of hydrogen-bond donors (Lipinski definition) is 1. The molecule has 70 valence electrons. The first kappa shape index (κ1) is 9.16. The van der Waals surface area contributed by atoms with Crippen LogP contribution in [0.15, 0.2) is 16.7 Å². The summed E-state index contributed by atoms with van der Waals surface area (Å²) in [4.78, 5) is 4.30. The third-order valence-corrected chi connectivity index (χ3v) is 3.37. The second kappa shape index (κ2) is 2.79. The van der Waals surface area contributed by atoms with E-state index in [0.29, 0.717) is 0 Å². The van der Waals surface area contributed by atoms with Gasteiger partial charge in [0.05, 0.1) is 5.60 Å². The summed E-state index contributed by atoms with van der Waals surface area (Å²) in [5.74, 6) is 0.254. The van der Waals surface area contributed by atoms with Crippen LogP contribution in [-0.4, -0.2) is 10.1 Å². The number of nitrogens with zero attached hydrogens (tertiary/aromatic N) is 1. The fourth-order valence-corrected chi connectivity index (χ4v) is 2.15. The molecule has 2 rings (SSSR count). The van der Waals surface area contributed by atoms with E-state index in [1.54, 1.807) is 6.20 Å². The van der Waals surface area contributed by atoms with E-state index in [2.05, 4.69) is 27.8 Å². The average molecular weight is 242 g/mol. The number of aliphatic hydroxyl groups is 1. The standard InChI is InChI=1S/C10H12BrNO/c1-6-3-9-8(10(6,2)13)4-7(11)5-12-9/h4-6,13H,3H2,1-2H3. The number of rotatable bonds is 0. The van der Waals surface area contributed by atoms with Crippen LogP contribution in [0.1, 0.15) is 25.1 Å². The van der Waals surface area contributed by atoms with Gasteiger partial charge in [0.2, 0.25) is 0 Å². The lowest BCUT2D eigenvalue weighted by Crippen LogP contribution is -2.25. The van der Waals surface area contributed by atoms with E-state index in [-0.39, 0.29) is 5.92 Å². The zero-order chi connectivity index (χ0) is 9.64. The summed E-state index contributed by atoms with van der Waals surface area (Å²) >= 11 is 3.36. The van der Waals surface area contributed by atoms with Gasteiger partial charge in [-0.05, 0) is 41.3 Å². The molecule has 0 fully saturated rings. The van der Waals surface area contributed by atoms with Crippen molar-refractivity contribution in [1.29, 1.82) is 0 Å². The molecule has 3 heteroatoms. The molecular formula is C10H12BrNO. The van der Waals surface area contributed by atoms with E-state index >= 15 is 0 Å². The highest BCUT2D eigenvalue weighted by atomic mass is 79.9. The third kappa shape index (κ3) is 1.30. The maximum absolute atomic E-state index is 10.2. The number of hydrogen-bond acceptors (Lipinski definition) is 2. The molecule has 13 heavy (non-hydrogen) atoms. The lowest BCUT2D eigenvalue weighted by atomic mass is 9.91. The highest BCUT2D eigenvalue weighted by molar-refractivity contribution is 9.10. The van der Waals surface area contributed by atoms with E-state index in [1.807, 2.05) is 13.0 Å². The monoisotopic (exact) mass is 241 g/mol. The Bertz CT molecular complexity index is 349. The van der Waals surface area contributed by atoms with Gasteiger partial charge in [0, 0.05) is 21.9 Å². The third-order valence-electron chi connectivity index (χ3n) is 2.94. The molecular weight excluding hydrogens is 230 g/mol. The van der Waals surface area contributed by atoms with Crippen LogP contribution in [0.25, 0.3) is 0 Å². The van der Waals surface area contributed by atoms with Crippen LogP contribution < -0.4 is 0 Å². The second-order valence-electron chi connectivity index (χ2n) is 3.90. The fourth-order valence-electron chi connectivity index (χ4n) is 1.82. The van der Waals surface area contributed by atoms with Gasteiger partial charge in [0.25, 0.3) is 0 Å². The van der Waals surface area contributed by atoms with Gasteiger partial charge in [-0.15, -0.1) is 0 Å². The second-order valence-corrected chi connectivity index (χ2v) is 4.82. The molecule has 1 heterocycles. The highest BCUT2D eigenvalue weighted by Crippen LogP contribution is 2.40. The molecule has 2 nitrogen and oxygen atoms in total. The van der Waals surface area contributed by atoms with Gasteiger partial charge in [-0.3, -0.25) is 4.98 Å². The number of aromatic nitrogens is 1. The number of pyridine rings is 1. The van der Waals surface area contributed by atoms with Crippen LogP contribution in [0.3, 0.4) is 0 Å². The van der Waals surface area contributed by atoms with Crippen molar-refractivity contribution in [3.63, 3.8) is 0 Å². The minimum atomic E-state index is -0.716. The maximum Gasteiger partial charge on any atom is 0.0915 e. The van der Waals surface area contributed by atoms with Gasteiger partial charge >= 0.3 is 0 Å². The first-order chi connectivity index (χ1) is 6.01. The molecule has 1 aromatic heterocycles. The van der Waals surface area contributed by atoms with E-state index in [4.69, 9.17) is 0 Å². The van der Waals surface area contributed by atoms with Crippen molar-refractivity contribution in [3.05, 3.63) is 28.0 Å². The largest absolute Gasteiger partial charge is 0.385 e. The molecule has 0 aliphatic heterocycles. The lowest BCUT2D eigenvalue weighted by molar-refractivity contribution is 0.0152. The molecule has 0 spiro atoms. The molecule has 1 N–H and O–H groups in total. The van der Waals surface area contributed by atoms with Crippen molar-refractivity contribution in [2.45, 2.75) is 25.9 Å². The van der Waals surface area contributed by atoms with Crippen LogP contribution in [0, 0.1) is 5.92 Å². The van der Waals surface area contributed by atoms with Gasteiger partial charge in [-0.2, -0.15) is 0 Å². The van der Waals surface area contributed by atoms with Crippen LogP contribution in [0.5, 0.6) is 0 Å². The quantitative estimate of drug-likeness (QED) is 0.756. The minimum absolute atomic E-state index is 0.254. The van der Waals surface area contributed by atoms with Gasteiger partial charge in [0.15, 0.2) is 0 Å². The Balaban J connectivity index is 2.57. The van der Waals surface area contributed by atoms with Gasteiger partial charge in [0.1, 0.15) is 0 Å². The molecule has 0 radical (unpaired) electrons. The summed E-state index contributed by atoms with van der Waals surface area (Å²) in [6.45, 7) is 3.91. The van der Waals surface area contributed by atoms with Crippen molar-refractivity contribution < 1.29 is 5.11 Å². The van der Waals surface area contributed by atoms with Crippen molar-refractivity contribution in [1.82, 2.24) is 4.98 Å². The minimum Gasteiger partial charge on any atom is -0.385 e. The molecule has 0 saturated heterocycles. The molecule has 0 amide bonds.